The highest BCUT2D eigenvalue weighted by Gasteiger charge is 2.12. The summed E-state index contributed by atoms with van der Waals surface area (Å²) in [5.41, 5.74) is 0.849. The third-order valence-electron chi connectivity index (χ3n) is 2.92. The number of hydrogen-bond acceptors (Lipinski definition) is 4. The number of carbonyl (C=O) groups is 1. The Hall–Kier alpha value is -2.08. The lowest BCUT2D eigenvalue weighted by molar-refractivity contribution is -0.118. The monoisotopic (exact) mass is 321 g/mol. The highest BCUT2D eigenvalue weighted by Crippen LogP contribution is 2.19. The second-order valence-electron chi connectivity index (χ2n) is 4.63. The fourth-order valence-corrected chi connectivity index (χ4v) is 3.02. The van der Waals surface area contributed by atoms with E-state index >= 15 is 0 Å². The Kier molecular flexibility index (Phi) is 6.21. The topological polar surface area (TPSA) is 68.5 Å². The van der Waals surface area contributed by atoms with Crippen LogP contribution in [0.3, 0.4) is 0 Å². The number of hydrogen-bond donors (Lipinski definition) is 1. The Morgan fingerprint density at radius 3 is 2.82 bits per heavy atom. The van der Waals surface area contributed by atoms with Gasteiger partial charge in [0.1, 0.15) is 17.3 Å². The largest absolute Gasteiger partial charge is 0.494 e. The highest BCUT2D eigenvalue weighted by molar-refractivity contribution is 7.84. The molecule has 1 aromatic carbocycles. The Balaban J connectivity index is 1.83. The average molecular weight is 321 g/mol. The molecule has 1 heterocycles. The van der Waals surface area contributed by atoms with E-state index in [0.29, 0.717) is 30.4 Å². The summed E-state index contributed by atoms with van der Waals surface area (Å²) in [6, 6.07) is 11.0. The van der Waals surface area contributed by atoms with Crippen molar-refractivity contribution in [2.24, 2.45) is 0 Å². The van der Waals surface area contributed by atoms with Gasteiger partial charge in [0, 0.05) is 16.4 Å². The van der Waals surface area contributed by atoms with E-state index in [1.54, 1.807) is 18.4 Å². The number of rotatable bonds is 8. The molecule has 0 aliphatic heterocycles. The summed E-state index contributed by atoms with van der Waals surface area (Å²) in [5.74, 6) is 1.38. The van der Waals surface area contributed by atoms with E-state index in [0.717, 1.165) is 5.56 Å². The van der Waals surface area contributed by atoms with Crippen LogP contribution < -0.4 is 10.1 Å². The first kappa shape index (κ1) is 16.3. The normalized spacial score (nSPS) is 11.9. The predicted octanol–water partition coefficient (Wildman–Crippen LogP) is 2.24. The van der Waals surface area contributed by atoms with E-state index in [1.807, 2.05) is 31.2 Å². The quantitative estimate of drug-likeness (QED) is 0.809. The zero-order chi connectivity index (χ0) is 15.8. The molecule has 2 aromatic rings. The van der Waals surface area contributed by atoms with Crippen LogP contribution in [0.1, 0.15) is 18.2 Å². The zero-order valence-electron chi connectivity index (χ0n) is 12.4. The highest BCUT2D eigenvalue weighted by atomic mass is 32.2. The van der Waals surface area contributed by atoms with Gasteiger partial charge in [0.25, 0.3) is 0 Å². The summed E-state index contributed by atoms with van der Waals surface area (Å²) >= 11 is 0. The second kappa shape index (κ2) is 8.38. The molecule has 1 aromatic heterocycles. The summed E-state index contributed by atoms with van der Waals surface area (Å²) in [5, 5.41) is 2.68. The smallest absolute Gasteiger partial charge is 0.233 e. The van der Waals surface area contributed by atoms with Gasteiger partial charge in [-0.3, -0.25) is 9.00 Å². The number of carbonyl (C=O) groups excluding carboxylic acids is 1. The van der Waals surface area contributed by atoms with Crippen LogP contribution in [0, 0.1) is 0 Å². The molecule has 6 heteroatoms. The molecular weight excluding hydrogens is 302 g/mol. The molecule has 1 N–H and O–H groups in total. The number of para-hydroxylation sites is 1. The molecule has 0 aliphatic carbocycles. The zero-order valence-corrected chi connectivity index (χ0v) is 13.2. The van der Waals surface area contributed by atoms with Crippen LogP contribution in [0.4, 0.5) is 0 Å². The van der Waals surface area contributed by atoms with Crippen molar-refractivity contribution in [3.05, 3.63) is 54.0 Å². The summed E-state index contributed by atoms with van der Waals surface area (Å²) in [4.78, 5) is 11.8. The van der Waals surface area contributed by atoms with E-state index in [1.165, 1.54) is 0 Å². The minimum Gasteiger partial charge on any atom is -0.494 e. The van der Waals surface area contributed by atoms with Crippen molar-refractivity contribution in [1.82, 2.24) is 5.32 Å². The predicted molar refractivity (Wildman–Crippen MR) is 84.9 cm³/mol. The number of benzene rings is 1. The van der Waals surface area contributed by atoms with Crippen LogP contribution in [-0.4, -0.2) is 22.5 Å². The number of furan rings is 1. The summed E-state index contributed by atoms with van der Waals surface area (Å²) < 4.78 is 22.7. The fraction of sp³-hybridized carbons (Fsp3) is 0.312. The van der Waals surface area contributed by atoms with Crippen molar-refractivity contribution >= 4 is 16.7 Å². The van der Waals surface area contributed by atoms with E-state index in [9.17, 15) is 9.00 Å². The Morgan fingerprint density at radius 1 is 1.27 bits per heavy atom. The molecule has 0 fully saturated rings. The summed E-state index contributed by atoms with van der Waals surface area (Å²) in [6.45, 7) is 2.75. The third-order valence-corrected chi connectivity index (χ3v) is 4.14. The lowest BCUT2D eigenvalue weighted by atomic mass is 10.2. The molecule has 0 bridgehead atoms. The Labute approximate surface area is 132 Å². The van der Waals surface area contributed by atoms with Gasteiger partial charge in [-0.05, 0) is 25.1 Å². The van der Waals surface area contributed by atoms with Gasteiger partial charge in [0.15, 0.2) is 0 Å². The maximum Gasteiger partial charge on any atom is 0.233 e. The maximum absolute atomic E-state index is 12.1. The van der Waals surface area contributed by atoms with Gasteiger partial charge in [0.2, 0.25) is 5.91 Å². The molecule has 0 aliphatic rings. The van der Waals surface area contributed by atoms with Gasteiger partial charge in [-0.15, -0.1) is 0 Å². The number of amides is 1. The molecule has 1 atom stereocenters. The minimum absolute atomic E-state index is 0.0405. The maximum atomic E-state index is 12.1. The molecule has 0 radical (unpaired) electrons. The molecule has 0 saturated heterocycles. The van der Waals surface area contributed by atoms with Gasteiger partial charge in [-0.1, -0.05) is 18.2 Å². The molecule has 1 amide bonds. The minimum atomic E-state index is -1.29. The van der Waals surface area contributed by atoms with Crippen molar-refractivity contribution < 1.29 is 18.2 Å². The van der Waals surface area contributed by atoms with E-state index < -0.39 is 10.8 Å². The SMILES string of the molecule is CCOc1ccccc1CS(=O)CC(=O)NCc1ccco1. The van der Waals surface area contributed by atoms with Crippen LogP contribution in [0.2, 0.25) is 0 Å². The molecule has 22 heavy (non-hydrogen) atoms. The van der Waals surface area contributed by atoms with Crippen LogP contribution in [0.15, 0.2) is 47.1 Å². The van der Waals surface area contributed by atoms with Crippen molar-refractivity contribution in [2.45, 2.75) is 19.2 Å². The van der Waals surface area contributed by atoms with Crippen molar-refractivity contribution in [1.29, 1.82) is 0 Å². The number of ether oxygens (including phenoxy) is 1. The van der Waals surface area contributed by atoms with Gasteiger partial charge in [-0.2, -0.15) is 0 Å². The molecule has 0 spiro atoms. The van der Waals surface area contributed by atoms with Gasteiger partial charge < -0.3 is 14.5 Å². The summed E-state index contributed by atoms with van der Waals surface area (Å²) in [7, 11) is -1.29. The molecular formula is C16H19NO4S. The summed E-state index contributed by atoms with van der Waals surface area (Å²) in [6.07, 6.45) is 1.55. The van der Waals surface area contributed by atoms with Crippen LogP contribution >= 0.6 is 0 Å². The first-order valence-electron chi connectivity index (χ1n) is 7.03. The Bertz CT molecular complexity index is 625. The lowest BCUT2D eigenvalue weighted by Gasteiger charge is -2.09. The number of nitrogens with one attached hydrogen (secondary N) is 1. The molecule has 118 valence electrons. The molecule has 5 nitrogen and oxygen atoms in total. The van der Waals surface area contributed by atoms with Crippen LogP contribution in [-0.2, 0) is 27.9 Å². The third kappa shape index (κ3) is 5.04. The van der Waals surface area contributed by atoms with E-state index in [2.05, 4.69) is 5.32 Å². The molecule has 1 unspecified atom stereocenters. The lowest BCUT2D eigenvalue weighted by Crippen LogP contribution is -2.28. The van der Waals surface area contributed by atoms with Crippen LogP contribution in [0.5, 0.6) is 5.75 Å². The molecule has 0 saturated carbocycles. The van der Waals surface area contributed by atoms with Gasteiger partial charge >= 0.3 is 0 Å². The first-order valence-corrected chi connectivity index (χ1v) is 8.52. The Morgan fingerprint density at radius 2 is 2.09 bits per heavy atom. The first-order chi connectivity index (χ1) is 10.7. The standard InChI is InChI=1S/C16H19NO4S/c1-2-20-15-8-4-3-6-13(15)11-22(19)12-16(18)17-10-14-7-5-9-21-14/h3-9H,2,10-12H2,1H3,(H,17,18). The van der Waals surface area contributed by atoms with Crippen molar-refractivity contribution in [3.8, 4) is 5.75 Å². The van der Waals surface area contributed by atoms with Crippen LogP contribution in [0.25, 0.3) is 0 Å². The second-order valence-corrected chi connectivity index (χ2v) is 6.08. The van der Waals surface area contributed by atoms with Gasteiger partial charge in [-0.25, -0.2) is 0 Å². The van der Waals surface area contributed by atoms with Crippen molar-refractivity contribution in [2.75, 3.05) is 12.4 Å². The molecule has 2 rings (SSSR count). The fourth-order valence-electron chi connectivity index (χ4n) is 1.94. The van der Waals surface area contributed by atoms with E-state index in [-0.39, 0.29) is 11.7 Å². The van der Waals surface area contributed by atoms with Gasteiger partial charge in [0.05, 0.1) is 25.2 Å². The van der Waals surface area contributed by atoms with Crippen molar-refractivity contribution in [3.63, 3.8) is 0 Å². The van der Waals surface area contributed by atoms with E-state index in [4.69, 9.17) is 9.15 Å². The average Bonchev–Trinajstić information content (AvgIpc) is 3.01.